The van der Waals surface area contributed by atoms with Crippen LogP contribution in [-0.2, 0) is 34.2 Å². The molecule has 1 aliphatic heterocycles. The minimum atomic E-state index is -3.29. The van der Waals surface area contributed by atoms with Crippen LogP contribution in [0.1, 0.15) is 30.0 Å². The maximum atomic E-state index is 12.6. The molecule has 0 aliphatic carbocycles. The first-order valence-corrected chi connectivity index (χ1v) is 11.9. The summed E-state index contributed by atoms with van der Waals surface area (Å²) in [5.74, 6) is -0.126. The number of sulfonamides is 1. The fourth-order valence-corrected chi connectivity index (χ4v) is 5.90. The monoisotopic (exact) mass is 429 g/mol. The lowest BCUT2D eigenvalue weighted by Crippen LogP contribution is -2.39. The molecule has 8 heteroatoms. The molecule has 1 aliphatic rings. The highest BCUT2D eigenvalue weighted by molar-refractivity contribution is 7.89. The molecule has 1 amide bonds. The average molecular weight is 430 g/mol. The molecule has 0 bridgehead atoms. The number of rotatable bonds is 5. The molecule has 1 N–H and O–H groups in total. The molecular formula is C21H23N3O3S2. The first kappa shape index (κ1) is 20.0. The molecule has 0 unspecified atom stereocenters. The molecular weight excluding hydrogens is 406 g/mol. The van der Waals surface area contributed by atoms with Crippen LogP contribution in [-0.4, -0.2) is 35.4 Å². The molecule has 4 rings (SSSR count). The summed E-state index contributed by atoms with van der Waals surface area (Å²) in [6, 6.07) is 13.9. The van der Waals surface area contributed by atoms with Crippen LogP contribution in [0.25, 0.3) is 10.8 Å². The molecule has 6 nitrogen and oxygen atoms in total. The number of thiazole rings is 1. The smallest absolute Gasteiger partial charge is 0.230 e. The van der Waals surface area contributed by atoms with E-state index in [4.69, 9.17) is 0 Å². The third kappa shape index (κ3) is 4.05. The van der Waals surface area contributed by atoms with E-state index in [0.717, 1.165) is 26.9 Å². The predicted molar refractivity (Wildman–Crippen MR) is 117 cm³/mol. The molecule has 152 valence electrons. The number of anilines is 1. The number of aromatic nitrogens is 1. The minimum Gasteiger partial charge on any atom is -0.302 e. The van der Waals surface area contributed by atoms with Crippen molar-refractivity contribution < 1.29 is 13.2 Å². The van der Waals surface area contributed by atoms with Gasteiger partial charge in [0.05, 0.1) is 17.4 Å². The number of amides is 1. The second kappa shape index (κ2) is 7.85. The Morgan fingerprint density at radius 3 is 2.76 bits per heavy atom. The second-order valence-corrected chi connectivity index (χ2v) is 11.0. The van der Waals surface area contributed by atoms with E-state index in [-0.39, 0.29) is 12.3 Å². The second-order valence-electron chi connectivity index (χ2n) is 7.43. The summed E-state index contributed by atoms with van der Waals surface area (Å²) >= 11 is 1.36. The Kier molecular flexibility index (Phi) is 5.42. The Hall–Kier alpha value is -2.29. The highest BCUT2D eigenvalue weighted by atomic mass is 32.2. The fourth-order valence-electron chi connectivity index (χ4n) is 3.52. The first-order chi connectivity index (χ1) is 13.8. The topological polar surface area (TPSA) is 79.4 Å². The van der Waals surface area contributed by atoms with Gasteiger partial charge < -0.3 is 5.32 Å². The zero-order valence-electron chi connectivity index (χ0n) is 16.4. The van der Waals surface area contributed by atoms with E-state index in [2.05, 4.69) is 10.3 Å². The summed E-state index contributed by atoms with van der Waals surface area (Å²) in [5, 5.41) is 5.15. The van der Waals surface area contributed by atoms with Gasteiger partial charge in [0.1, 0.15) is 0 Å². The standard InChI is InChI=1S/C21H23N3O3S2/c1-14(2)29(26,27)24-11-10-18-19(13-24)28-21(22-18)23-20(25)12-16-8-5-7-15-6-3-4-9-17(15)16/h3-9,14H,10-13H2,1-2H3,(H,22,23,25). The van der Waals surface area contributed by atoms with Gasteiger partial charge in [-0.3, -0.25) is 4.79 Å². The third-order valence-corrected chi connectivity index (χ3v) is 8.35. The Balaban J connectivity index is 1.47. The largest absolute Gasteiger partial charge is 0.302 e. The molecule has 1 aromatic heterocycles. The zero-order chi connectivity index (χ0) is 20.6. The van der Waals surface area contributed by atoms with Crippen LogP contribution in [0, 0.1) is 0 Å². The maximum absolute atomic E-state index is 12.6. The van der Waals surface area contributed by atoms with E-state index in [9.17, 15) is 13.2 Å². The molecule has 3 aromatic rings. The van der Waals surface area contributed by atoms with Crippen molar-refractivity contribution in [3.63, 3.8) is 0 Å². The molecule has 29 heavy (non-hydrogen) atoms. The number of carbonyl (C=O) groups is 1. The Morgan fingerprint density at radius 2 is 1.97 bits per heavy atom. The number of nitrogens with one attached hydrogen (secondary N) is 1. The number of fused-ring (bicyclic) bond motifs is 2. The van der Waals surface area contributed by atoms with Crippen molar-refractivity contribution in [1.29, 1.82) is 0 Å². The van der Waals surface area contributed by atoms with Gasteiger partial charge in [0.25, 0.3) is 0 Å². The van der Waals surface area contributed by atoms with Crippen LogP contribution in [0.5, 0.6) is 0 Å². The van der Waals surface area contributed by atoms with Gasteiger partial charge in [-0.25, -0.2) is 13.4 Å². The SMILES string of the molecule is CC(C)S(=O)(=O)N1CCc2nc(NC(=O)Cc3cccc4ccccc34)sc2C1. The van der Waals surface area contributed by atoms with E-state index in [1.807, 2.05) is 42.5 Å². The van der Waals surface area contributed by atoms with Crippen LogP contribution in [0.2, 0.25) is 0 Å². The maximum Gasteiger partial charge on any atom is 0.230 e. The average Bonchev–Trinajstić information content (AvgIpc) is 3.09. The van der Waals surface area contributed by atoms with E-state index in [1.54, 1.807) is 13.8 Å². The van der Waals surface area contributed by atoms with Crippen LogP contribution in [0.15, 0.2) is 42.5 Å². The normalized spacial score (nSPS) is 14.9. The van der Waals surface area contributed by atoms with E-state index in [1.165, 1.54) is 15.6 Å². The van der Waals surface area contributed by atoms with Gasteiger partial charge in [-0.1, -0.05) is 42.5 Å². The minimum absolute atomic E-state index is 0.126. The van der Waals surface area contributed by atoms with Crippen LogP contribution < -0.4 is 5.32 Å². The van der Waals surface area contributed by atoms with Crippen LogP contribution in [0.4, 0.5) is 5.13 Å². The van der Waals surface area contributed by atoms with Gasteiger partial charge in [-0.15, -0.1) is 11.3 Å². The molecule has 0 radical (unpaired) electrons. The first-order valence-electron chi connectivity index (χ1n) is 9.58. The summed E-state index contributed by atoms with van der Waals surface area (Å²) in [5.41, 5.74) is 1.85. The van der Waals surface area contributed by atoms with Crippen molar-refractivity contribution in [2.24, 2.45) is 0 Å². The Bertz CT molecular complexity index is 1160. The highest BCUT2D eigenvalue weighted by Gasteiger charge is 2.31. The number of hydrogen-bond donors (Lipinski definition) is 1. The molecule has 0 atom stereocenters. The number of nitrogens with zero attached hydrogens (tertiary/aromatic N) is 2. The van der Waals surface area contributed by atoms with Gasteiger partial charge in [0.2, 0.25) is 15.9 Å². The third-order valence-electron chi connectivity index (χ3n) is 5.13. The van der Waals surface area contributed by atoms with Crippen LogP contribution >= 0.6 is 11.3 Å². The van der Waals surface area contributed by atoms with E-state index in [0.29, 0.717) is 24.6 Å². The number of carbonyl (C=O) groups excluding carboxylic acids is 1. The lowest BCUT2D eigenvalue weighted by molar-refractivity contribution is -0.115. The molecule has 0 saturated carbocycles. The molecule has 0 saturated heterocycles. The molecule has 2 heterocycles. The van der Waals surface area contributed by atoms with Gasteiger partial charge in [0.15, 0.2) is 5.13 Å². The highest BCUT2D eigenvalue weighted by Crippen LogP contribution is 2.30. The number of benzene rings is 2. The van der Waals surface area contributed by atoms with E-state index < -0.39 is 15.3 Å². The predicted octanol–water partition coefficient (Wildman–Crippen LogP) is 3.57. The zero-order valence-corrected chi connectivity index (χ0v) is 18.0. The van der Waals surface area contributed by atoms with Gasteiger partial charge >= 0.3 is 0 Å². The molecule has 2 aromatic carbocycles. The lowest BCUT2D eigenvalue weighted by Gasteiger charge is -2.26. The fraction of sp³-hybridized carbons (Fsp3) is 0.333. The van der Waals surface area contributed by atoms with Gasteiger partial charge in [0, 0.05) is 24.4 Å². The lowest BCUT2D eigenvalue weighted by atomic mass is 10.0. The summed E-state index contributed by atoms with van der Waals surface area (Å²) < 4.78 is 26.4. The van der Waals surface area contributed by atoms with Gasteiger partial charge in [-0.05, 0) is 30.2 Å². The van der Waals surface area contributed by atoms with Crippen molar-refractivity contribution in [1.82, 2.24) is 9.29 Å². The Morgan fingerprint density at radius 1 is 1.21 bits per heavy atom. The molecule has 0 fully saturated rings. The molecule has 0 spiro atoms. The summed E-state index contributed by atoms with van der Waals surface area (Å²) in [7, 11) is -3.29. The van der Waals surface area contributed by atoms with Crippen LogP contribution in [0.3, 0.4) is 0 Å². The number of hydrogen-bond acceptors (Lipinski definition) is 5. The van der Waals surface area contributed by atoms with E-state index >= 15 is 0 Å². The Labute approximate surface area is 174 Å². The van der Waals surface area contributed by atoms with Crippen molar-refractivity contribution in [2.75, 3.05) is 11.9 Å². The van der Waals surface area contributed by atoms with Crippen molar-refractivity contribution in [3.8, 4) is 0 Å². The quantitative estimate of drug-likeness (QED) is 0.672. The summed E-state index contributed by atoms with van der Waals surface area (Å²) in [6.07, 6.45) is 0.830. The van der Waals surface area contributed by atoms with Crippen molar-refractivity contribution in [3.05, 3.63) is 58.6 Å². The summed E-state index contributed by atoms with van der Waals surface area (Å²) in [4.78, 5) is 18.0. The summed E-state index contributed by atoms with van der Waals surface area (Å²) in [6.45, 7) is 4.14. The van der Waals surface area contributed by atoms with Gasteiger partial charge in [-0.2, -0.15) is 4.31 Å². The van der Waals surface area contributed by atoms with Crippen molar-refractivity contribution in [2.45, 2.75) is 38.5 Å². The van der Waals surface area contributed by atoms with Crippen molar-refractivity contribution >= 4 is 43.2 Å².